The number of hydrogen-bond donors (Lipinski definition) is 0. The first-order valence-corrected chi connectivity index (χ1v) is 9.68. The first-order chi connectivity index (χ1) is 10.9. The highest BCUT2D eigenvalue weighted by atomic mass is 79.9. The van der Waals surface area contributed by atoms with E-state index in [9.17, 15) is 8.42 Å². The number of hydrogen-bond acceptors (Lipinski definition) is 3. The SMILES string of the molecule is CS(=O)(=O)c1ccc(Cn2ccnc2-c2ccc(Br)cc2)cc1. The highest BCUT2D eigenvalue weighted by molar-refractivity contribution is 9.10. The third-order valence-corrected chi connectivity index (χ3v) is 5.18. The molecule has 0 aliphatic carbocycles. The third-order valence-electron chi connectivity index (χ3n) is 3.52. The molecule has 3 aromatic rings. The maximum Gasteiger partial charge on any atom is 0.175 e. The lowest BCUT2D eigenvalue weighted by atomic mass is 10.2. The zero-order valence-corrected chi connectivity index (χ0v) is 14.9. The summed E-state index contributed by atoms with van der Waals surface area (Å²) >= 11 is 3.43. The molecular formula is C17H15BrN2O2S. The van der Waals surface area contributed by atoms with E-state index in [1.165, 1.54) is 6.26 Å². The number of aromatic nitrogens is 2. The van der Waals surface area contributed by atoms with Gasteiger partial charge in [-0.25, -0.2) is 13.4 Å². The van der Waals surface area contributed by atoms with Crippen LogP contribution in [0.15, 0.2) is 70.3 Å². The van der Waals surface area contributed by atoms with Crippen molar-refractivity contribution in [2.75, 3.05) is 6.26 Å². The molecule has 0 spiro atoms. The molecule has 6 heteroatoms. The standard InChI is InChI=1S/C17H15BrN2O2S/c1-23(21,22)16-8-2-13(3-9-16)12-20-11-10-19-17(20)14-4-6-15(18)7-5-14/h2-11H,12H2,1H3. The Labute approximate surface area is 143 Å². The van der Waals surface area contributed by atoms with Crippen LogP contribution >= 0.6 is 15.9 Å². The maximum absolute atomic E-state index is 11.5. The first kappa shape index (κ1) is 16.0. The molecule has 23 heavy (non-hydrogen) atoms. The van der Waals surface area contributed by atoms with Gasteiger partial charge in [-0.05, 0) is 29.8 Å². The van der Waals surface area contributed by atoms with Crippen molar-refractivity contribution < 1.29 is 8.42 Å². The molecule has 0 amide bonds. The molecule has 1 aromatic heterocycles. The molecule has 0 saturated heterocycles. The zero-order chi connectivity index (χ0) is 16.4. The molecule has 0 atom stereocenters. The minimum atomic E-state index is -3.16. The number of halogens is 1. The van der Waals surface area contributed by atoms with Crippen molar-refractivity contribution >= 4 is 25.8 Å². The van der Waals surface area contributed by atoms with Crippen LogP contribution in [0.2, 0.25) is 0 Å². The minimum absolute atomic E-state index is 0.333. The summed E-state index contributed by atoms with van der Waals surface area (Å²) in [6.45, 7) is 0.634. The molecule has 0 fully saturated rings. The van der Waals surface area contributed by atoms with E-state index in [4.69, 9.17) is 0 Å². The van der Waals surface area contributed by atoms with Crippen molar-refractivity contribution in [2.24, 2.45) is 0 Å². The van der Waals surface area contributed by atoms with E-state index in [0.717, 1.165) is 21.4 Å². The molecule has 2 aromatic carbocycles. The van der Waals surface area contributed by atoms with Crippen molar-refractivity contribution in [1.82, 2.24) is 9.55 Å². The largest absolute Gasteiger partial charge is 0.327 e. The van der Waals surface area contributed by atoms with Crippen molar-refractivity contribution in [3.63, 3.8) is 0 Å². The van der Waals surface area contributed by atoms with Gasteiger partial charge in [0.2, 0.25) is 0 Å². The van der Waals surface area contributed by atoms with Crippen molar-refractivity contribution in [3.05, 3.63) is 71.0 Å². The molecule has 0 unspecified atom stereocenters. The predicted molar refractivity (Wildman–Crippen MR) is 94.0 cm³/mol. The van der Waals surface area contributed by atoms with Gasteiger partial charge in [-0.3, -0.25) is 0 Å². The highest BCUT2D eigenvalue weighted by Gasteiger charge is 2.09. The van der Waals surface area contributed by atoms with Crippen LogP contribution in [0.4, 0.5) is 0 Å². The van der Waals surface area contributed by atoms with Crippen LogP contribution in [0.25, 0.3) is 11.4 Å². The Kier molecular flexibility index (Phi) is 4.37. The Morgan fingerprint density at radius 1 is 1.04 bits per heavy atom. The number of benzene rings is 2. The highest BCUT2D eigenvalue weighted by Crippen LogP contribution is 2.21. The molecule has 0 radical (unpaired) electrons. The topological polar surface area (TPSA) is 52.0 Å². The maximum atomic E-state index is 11.5. The molecule has 3 rings (SSSR count). The van der Waals surface area contributed by atoms with E-state index in [1.54, 1.807) is 18.3 Å². The van der Waals surface area contributed by atoms with E-state index in [0.29, 0.717) is 11.4 Å². The molecule has 0 aliphatic rings. The van der Waals surface area contributed by atoms with Crippen molar-refractivity contribution in [2.45, 2.75) is 11.4 Å². The fraction of sp³-hybridized carbons (Fsp3) is 0.118. The van der Waals surface area contributed by atoms with E-state index in [-0.39, 0.29) is 0 Å². The summed E-state index contributed by atoms with van der Waals surface area (Å²) in [6, 6.07) is 14.9. The lowest BCUT2D eigenvalue weighted by Gasteiger charge is -2.09. The van der Waals surface area contributed by atoms with E-state index in [2.05, 4.69) is 20.9 Å². The quantitative estimate of drug-likeness (QED) is 0.681. The number of imidazole rings is 1. The van der Waals surface area contributed by atoms with Crippen molar-refractivity contribution in [3.8, 4) is 11.4 Å². The Morgan fingerprint density at radius 2 is 1.70 bits per heavy atom. The Hall–Kier alpha value is -1.92. The molecule has 118 valence electrons. The van der Waals surface area contributed by atoms with Gasteiger partial charge in [-0.2, -0.15) is 0 Å². The third kappa shape index (κ3) is 3.71. The summed E-state index contributed by atoms with van der Waals surface area (Å²) in [5.74, 6) is 0.879. The zero-order valence-electron chi connectivity index (χ0n) is 12.5. The molecule has 0 N–H and O–H groups in total. The fourth-order valence-electron chi connectivity index (χ4n) is 2.33. The van der Waals surface area contributed by atoms with Crippen LogP contribution in [-0.4, -0.2) is 24.2 Å². The number of rotatable bonds is 4. The van der Waals surface area contributed by atoms with Crippen LogP contribution in [0, 0.1) is 0 Å². The van der Waals surface area contributed by atoms with Gasteiger partial charge >= 0.3 is 0 Å². The van der Waals surface area contributed by atoms with Gasteiger partial charge in [0.25, 0.3) is 0 Å². The Morgan fingerprint density at radius 3 is 2.30 bits per heavy atom. The summed E-state index contributed by atoms with van der Waals surface area (Å²) < 4.78 is 26.1. The van der Waals surface area contributed by atoms with E-state index >= 15 is 0 Å². The van der Waals surface area contributed by atoms with Gasteiger partial charge in [0.15, 0.2) is 9.84 Å². The van der Waals surface area contributed by atoms with Crippen LogP contribution in [0.3, 0.4) is 0 Å². The van der Waals surface area contributed by atoms with Gasteiger partial charge in [-0.15, -0.1) is 0 Å². The van der Waals surface area contributed by atoms with Gasteiger partial charge in [0.05, 0.1) is 4.90 Å². The predicted octanol–water partition coefficient (Wildman–Crippen LogP) is 3.76. The monoisotopic (exact) mass is 390 g/mol. The average Bonchev–Trinajstić information content (AvgIpc) is 2.96. The number of sulfone groups is 1. The average molecular weight is 391 g/mol. The Bertz CT molecular complexity index is 914. The van der Waals surface area contributed by atoms with Crippen LogP contribution in [0.5, 0.6) is 0 Å². The summed E-state index contributed by atoms with van der Waals surface area (Å²) in [5, 5.41) is 0. The molecular weight excluding hydrogens is 376 g/mol. The Balaban J connectivity index is 1.87. The minimum Gasteiger partial charge on any atom is -0.327 e. The van der Waals surface area contributed by atoms with Gasteiger partial charge in [0, 0.05) is 35.2 Å². The van der Waals surface area contributed by atoms with Crippen LogP contribution in [0.1, 0.15) is 5.56 Å². The second-order valence-electron chi connectivity index (χ2n) is 5.30. The summed E-state index contributed by atoms with van der Waals surface area (Å²) in [7, 11) is -3.16. The smallest absolute Gasteiger partial charge is 0.175 e. The van der Waals surface area contributed by atoms with Crippen LogP contribution < -0.4 is 0 Å². The molecule has 0 bridgehead atoms. The summed E-state index contributed by atoms with van der Waals surface area (Å²) in [4.78, 5) is 4.75. The fourth-order valence-corrected chi connectivity index (χ4v) is 3.23. The van der Waals surface area contributed by atoms with E-state index in [1.807, 2.05) is 47.2 Å². The lowest BCUT2D eigenvalue weighted by molar-refractivity contribution is 0.602. The molecule has 1 heterocycles. The molecule has 0 saturated carbocycles. The second-order valence-corrected chi connectivity index (χ2v) is 8.23. The first-order valence-electron chi connectivity index (χ1n) is 6.99. The van der Waals surface area contributed by atoms with Gasteiger partial charge in [0.1, 0.15) is 5.82 Å². The number of nitrogens with zero attached hydrogens (tertiary/aromatic N) is 2. The summed E-state index contributed by atoms with van der Waals surface area (Å²) in [5.41, 5.74) is 2.06. The second kappa shape index (κ2) is 6.29. The lowest BCUT2D eigenvalue weighted by Crippen LogP contribution is -2.02. The summed E-state index contributed by atoms with van der Waals surface area (Å²) in [6.07, 6.45) is 4.90. The van der Waals surface area contributed by atoms with E-state index < -0.39 is 9.84 Å². The molecule has 0 aliphatic heterocycles. The van der Waals surface area contributed by atoms with Gasteiger partial charge in [-0.1, -0.05) is 40.2 Å². The molecule has 4 nitrogen and oxygen atoms in total. The normalized spacial score (nSPS) is 11.6. The van der Waals surface area contributed by atoms with Crippen molar-refractivity contribution in [1.29, 1.82) is 0 Å². The van der Waals surface area contributed by atoms with Crippen LogP contribution in [-0.2, 0) is 16.4 Å². The van der Waals surface area contributed by atoms with Gasteiger partial charge < -0.3 is 4.57 Å².